The largest absolute Gasteiger partial charge is 0.483 e. The van der Waals surface area contributed by atoms with E-state index in [1.807, 2.05) is 32.0 Å². The molecule has 2 heterocycles. The summed E-state index contributed by atoms with van der Waals surface area (Å²) in [6.07, 6.45) is 2.31. The molecule has 0 spiro atoms. The SMILES string of the molecule is CC1(C)Cc2cccc(Oc3cc(CO)c(Cl)cn3)c2O1. The summed E-state index contributed by atoms with van der Waals surface area (Å²) in [5.74, 6) is 1.76. The molecule has 1 aromatic heterocycles. The van der Waals surface area contributed by atoms with Crippen LogP contribution < -0.4 is 9.47 Å². The van der Waals surface area contributed by atoms with Gasteiger partial charge >= 0.3 is 0 Å². The van der Waals surface area contributed by atoms with Crippen molar-refractivity contribution in [2.75, 3.05) is 0 Å². The number of para-hydroxylation sites is 1. The average molecular weight is 306 g/mol. The van der Waals surface area contributed by atoms with Gasteiger partial charge in [0.25, 0.3) is 0 Å². The number of aliphatic hydroxyl groups is 1. The van der Waals surface area contributed by atoms with E-state index in [4.69, 9.17) is 21.1 Å². The number of fused-ring (bicyclic) bond motifs is 1. The van der Waals surface area contributed by atoms with E-state index >= 15 is 0 Å². The van der Waals surface area contributed by atoms with Crippen LogP contribution in [0.15, 0.2) is 30.5 Å². The fourth-order valence-corrected chi connectivity index (χ4v) is 2.58. The molecule has 0 saturated heterocycles. The van der Waals surface area contributed by atoms with Crippen LogP contribution in [0.3, 0.4) is 0 Å². The third kappa shape index (κ3) is 2.82. The number of benzene rings is 1. The Morgan fingerprint density at radius 3 is 3.00 bits per heavy atom. The number of nitrogens with zero attached hydrogens (tertiary/aromatic N) is 1. The lowest BCUT2D eigenvalue weighted by Gasteiger charge is -2.18. The van der Waals surface area contributed by atoms with E-state index in [-0.39, 0.29) is 12.2 Å². The first-order valence-electron chi connectivity index (χ1n) is 6.72. The Balaban J connectivity index is 1.92. The molecule has 0 radical (unpaired) electrons. The Bertz CT molecular complexity index is 685. The molecule has 0 unspecified atom stereocenters. The van der Waals surface area contributed by atoms with Crippen LogP contribution in [0, 0.1) is 0 Å². The third-order valence-electron chi connectivity index (χ3n) is 3.35. The van der Waals surface area contributed by atoms with Crippen molar-refractivity contribution in [1.82, 2.24) is 4.98 Å². The van der Waals surface area contributed by atoms with E-state index in [0.29, 0.717) is 22.2 Å². The summed E-state index contributed by atoms with van der Waals surface area (Å²) in [5.41, 5.74) is 1.47. The maximum absolute atomic E-state index is 9.24. The number of hydrogen-bond acceptors (Lipinski definition) is 4. The third-order valence-corrected chi connectivity index (χ3v) is 3.69. The molecule has 0 amide bonds. The highest BCUT2D eigenvalue weighted by Crippen LogP contribution is 2.43. The summed E-state index contributed by atoms with van der Waals surface area (Å²) in [6.45, 7) is 3.93. The fraction of sp³-hybridized carbons (Fsp3) is 0.312. The summed E-state index contributed by atoms with van der Waals surface area (Å²) >= 11 is 5.93. The van der Waals surface area contributed by atoms with Gasteiger partial charge in [-0.05, 0) is 19.9 Å². The zero-order chi connectivity index (χ0) is 15.0. The zero-order valence-corrected chi connectivity index (χ0v) is 12.6. The monoisotopic (exact) mass is 305 g/mol. The van der Waals surface area contributed by atoms with Crippen molar-refractivity contribution in [1.29, 1.82) is 0 Å². The second-order valence-corrected chi connectivity index (χ2v) is 6.06. The van der Waals surface area contributed by atoms with Gasteiger partial charge in [-0.3, -0.25) is 0 Å². The van der Waals surface area contributed by atoms with Gasteiger partial charge in [0, 0.05) is 29.8 Å². The van der Waals surface area contributed by atoms with Crippen LogP contribution in [0.4, 0.5) is 0 Å². The van der Waals surface area contributed by atoms with E-state index in [9.17, 15) is 5.11 Å². The van der Waals surface area contributed by atoms with Gasteiger partial charge in [0.1, 0.15) is 5.60 Å². The Labute approximate surface area is 128 Å². The Hall–Kier alpha value is -1.78. The summed E-state index contributed by atoms with van der Waals surface area (Å²) in [7, 11) is 0. The van der Waals surface area contributed by atoms with Gasteiger partial charge in [-0.25, -0.2) is 4.98 Å². The van der Waals surface area contributed by atoms with Crippen LogP contribution in [0.25, 0.3) is 0 Å². The molecule has 0 fully saturated rings. The zero-order valence-electron chi connectivity index (χ0n) is 11.9. The number of aliphatic hydroxyl groups excluding tert-OH is 1. The van der Waals surface area contributed by atoms with Crippen LogP contribution in [0.2, 0.25) is 5.02 Å². The van der Waals surface area contributed by atoms with Gasteiger partial charge in [0.05, 0.1) is 11.6 Å². The minimum atomic E-state index is -0.231. The standard InChI is InChI=1S/C16H16ClNO3/c1-16(2)7-10-4-3-5-13(15(10)21-16)20-14-6-11(9-19)12(17)8-18-14/h3-6,8,19H,7,9H2,1-2H3. The fourth-order valence-electron chi connectivity index (χ4n) is 2.42. The number of pyridine rings is 1. The Morgan fingerprint density at radius 2 is 2.24 bits per heavy atom. The van der Waals surface area contributed by atoms with Crippen molar-refractivity contribution in [3.05, 3.63) is 46.6 Å². The summed E-state index contributed by atoms with van der Waals surface area (Å²) < 4.78 is 11.8. The molecule has 0 bridgehead atoms. The van der Waals surface area contributed by atoms with Gasteiger partial charge in [0.15, 0.2) is 11.5 Å². The van der Waals surface area contributed by atoms with Crippen molar-refractivity contribution in [2.45, 2.75) is 32.5 Å². The van der Waals surface area contributed by atoms with Gasteiger partial charge in [-0.15, -0.1) is 0 Å². The molecule has 5 heteroatoms. The molecule has 1 N–H and O–H groups in total. The minimum Gasteiger partial charge on any atom is -0.483 e. The Morgan fingerprint density at radius 1 is 1.43 bits per heavy atom. The molecule has 0 atom stereocenters. The van der Waals surface area contributed by atoms with Crippen LogP contribution >= 0.6 is 11.6 Å². The second-order valence-electron chi connectivity index (χ2n) is 5.66. The molecule has 2 aromatic rings. The second kappa shape index (κ2) is 5.20. The molecule has 110 valence electrons. The lowest BCUT2D eigenvalue weighted by molar-refractivity contribution is 0.135. The highest BCUT2D eigenvalue weighted by molar-refractivity contribution is 6.31. The molecule has 0 saturated carbocycles. The highest BCUT2D eigenvalue weighted by atomic mass is 35.5. The van der Waals surface area contributed by atoms with Crippen molar-refractivity contribution >= 4 is 11.6 Å². The van der Waals surface area contributed by atoms with Crippen molar-refractivity contribution in [2.24, 2.45) is 0 Å². The lowest BCUT2D eigenvalue weighted by atomic mass is 10.0. The molecule has 3 rings (SSSR count). The summed E-state index contributed by atoms with van der Waals surface area (Å²) in [5, 5.41) is 9.66. The van der Waals surface area contributed by atoms with E-state index in [2.05, 4.69) is 4.98 Å². The van der Waals surface area contributed by atoms with Crippen molar-refractivity contribution in [3.8, 4) is 17.4 Å². The number of halogens is 1. The normalized spacial score (nSPS) is 15.4. The van der Waals surface area contributed by atoms with E-state index in [1.54, 1.807) is 6.07 Å². The Kier molecular flexibility index (Phi) is 3.51. The van der Waals surface area contributed by atoms with Crippen molar-refractivity contribution in [3.63, 3.8) is 0 Å². The van der Waals surface area contributed by atoms with E-state index < -0.39 is 0 Å². The van der Waals surface area contributed by atoms with E-state index in [1.165, 1.54) is 6.20 Å². The number of rotatable bonds is 3. The topological polar surface area (TPSA) is 51.6 Å². The average Bonchev–Trinajstić information content (AvgIpc) is 2.76. The van der Waals surface area contributed by atoms with Crippen LogP contribution in [-0.4, -0.2) is 15.7 Å². The number of hydrogen-bond donors (Lipinski definition) is 1. The quantitative estimate of drug-likeness (QED) is 0.938. The molecule has 0 aliphatic carbocycles. The minimum absolute atomic E-state index is 0.159. The van der Waals surface area contributed by atoms with Gasteiger partial charge < -0.3 is 14.6 Å². The summed E-state index contributed by atoms with van der Waals surface area (Å²) in [6, 6.07) is 7.43. The maximum Gasteiger partial charge on any atom is 0.219 e. The number of aromatic nitrogens is 1. The molecule has 21 heavy (non-hydrogen) atoms. The summed E-state index contributed by atoms with van der Waals surface area (Å²) in [4.78, 5) is 4.12. The smallest absolute Gasteiger partial charge is 0.219 e. The van der Waals surface area contributed by atoms with Gasteiger partial charge in [-0.1, -0.05) is 23.7 Å². The van der Waals surface area contributed by atoms with E-state index in [0.717, 1.165) is 17.7 Å². The first-order chi connectivity index (χ1) is 9.98. The predicted molar refractivity (Wildman–Crippen MR) is 80.1 cm³/mol. The lowest BCUT2D eigenvalue weighted by Crippen LogP contribution is -2.24. The first-order valence-corrected chi connectivity index (χ1v) is 7.10. The maximum atomic E-state index is 9.24. The van der Waals surface area contributed by atoms with Crippen LogP contribution in [-0.2, 0) is 13.0 Å². The van der Waals surface area contributed by atoms with Gasteiger partial charge in [0.2, 0.25) is 5.88 Å². The molecule has 4 nitrogen and oxygen atoms in total. The molecular formula is C16H16ClNO3. The molecule has 1 aliphatic heterocycles. The van der Waals surface area contributed by atoms with Crippen molar-refractivity contribution < 1.29 is 14.6 Å². The highest BCUT2D eigenvalue weighted by Gasteiger charge is 2.32. The van der Waals surface area contributed by atoms with Crippen LogP contribution in [0.1, 0.15) is 25.0 Å². The molecular weight excluding hydrogens is 290 g/mol. The van der Waals surface area contributed by atoms with Gasteiger partial charge in [-0.2, -0.15) is 0 Å². The predicted octanol–water partition coefficient (Wildman–Crippen LogP) is 3.73. The van der Waals surface area contributed by atoms with Crippen LogP contribution in [0.5, 0.6) is 17.4 Å². The number of ether oxygens (including phenoxy) is 2. The molecule has 1 aliphatic rings. The first kappa shape index (κ1) is 14.2. The molecule has 1 aromatic carbocycles.